The quantitative estimate of drug-likeness (QED) is 0.880. The largest absolute Gasteiger partial charge is 0.478 e. The highest BCUT2D eigenvalue weighted by atomic mass is 19.1. The number of carboxylic acid groups (broad SMARTS) is 1. The van der Waals surface area contributed by atoms with Gasteiger partial charge in [-0.05, 0) is 36.2 Å². The number of aromatic carboxylic acids is 1. The summed E-state index contributed by atoms with van der Waals surface area (Å²) in [5, 5.41) is 9.00. The van der Waals surface area contributed by atoms with Gasteiger partial charge >= 0.3 is 5.97 Å². The fraction of sp³-hybridized carbons (Fsp3) is 0.0714. The molecular formula is C14H10F2O2. The van der Waals surface area contributed by atoms with E-state index in [9.17, 15) is 13.6 Å². The zero-order valence-electron chi connectivity index (χ0n) is 9.58. The van der Waals surface area contributed by atoms with E-state index in [1.54, 1.807) is 13.0 Å². The number of rotatable bonds is 2. The Morgan fingerprint density at radius 3 is 2.44 bits per heavy atom. The lowest BCUT2D eigenvalue weighted by Gasteiger charge is -2.09. The van der Waals surface area contributed by atoms with Gasteiger partial charge < -0.3 is 5.11 Å². The molecule has 2 rings (SSSR count). The highest BCUT2D eigenvalue weighted by Crippen LogP contribution is 2.28. The third-order valence-corrected chi connectivity index (χ3v) is 2.79. The lowest BCUT2D eigenvalue weighted by molar-refractivity contribution is 0.0696. The van der Waals surface area contributed by atoms with Crippen LogP contribution in [-0.4, -0.2) is 11.1 Å². The van der Waals surface area contributed by atoms with Crippen LogP contribution in [0.2, 0.25) is 0 Å². The molecular weight excluding hydrogens is 238 g/mol. The lowest BCUT2D eigenvalue weighted by atomic mass is 9.96. The van der Waals surface area contributed by atoms with Crippen molar-refractivity contribution in [3.8, 4) is 11.1 Å². The molecule has 0 spiro atoms. The van der Waals surface area contributed by atoms with Crippen LogP contribution in [0.3, 0.4) is 0 Å². The van der Waals surface area contributed by atoms with Gasteiger partial charge in [0.15, 0.2) is 0 Å². The molecule has 0 fully saturated rings. The molecule has 0 aromatic heterocycles. The van der Waals surface area contributed by atoms with Gasteiger partial charge in [0.2, 0.25) is 0 Å². The molecule has 2 nitrogen and oxygen atoms in total. The Labute approximate surface area is 103 Å². The Balaban J connectivity index is 2.64. The maximum atomic E-state index is 13.7. The summed E-state index contributed by atoms with van der Waals surface area (Å²) >= 11 is 0. The third kappa shape index (κ3) is 2.09. The van der Waals surface area contributed by atoms with Gasteiger partial charge in [0.1, 0.15) is 11.6 Å². The number of carbonyl (C=O) groups is 1. The Bertz CT molecular complexity index is 621. The van der Waals surface area contributed by atoms with Crippen LogP contribution in [-0.2, 0) is 0 Å². The van der Waals surface area contributed by atoms with Crippen LogP contribution in [0.1, 0.15) is 15.9 Å². The predicted octanol–water partition coefficient (Wildman–Crippen LogP) is 3.64. The van der Waals surface area contributed by atoms with E-state index in [1.807, 2.05) is 0 Å². The van der Waals surface area contributed by atoms with Gasteiger partial charge in [0.25, 0.3) is 0 Å². The van der Waals surface area contributed by atoms with Crippen molar-refractivity contribution in [2.24, 2.45) is 0 Å². The molecule has 0 atom stereocenters. The van der Waals surface area contributed by atoms with E-state index in [-0.39, 0.29) is 11.1 Å². The second-order valence-corrected chi connectivity index (χ2v) is 3.91. The van der Waals surface area contributed by atoms with Crippen LogP contribution < -0.4 is 0 Å². The van der Waals surface area contributed by atoms with Crippen LogP contribution in [0.5, 0.6) is 0 Å². The lowest BCUT2D eigenvalue weighted by Crippen LogP contribution is -2.01. The van der Waals surface area contributed by atoms with Crippen molar-refractivity contribution in [3.05, 3.63) is 59.2 Å². The van der Waals surface area contributed by atoms with Gasteiger partial charge in [-0.3, -0.25) is 0 Å². The molecule has 0 unspecified atom stereocenters. The number of hydrogen-bond donors (Lipinski definition) is 1. The van der Waals surface area contributed by atoms with Gasteiger partial charge in [0.05, 0.1) is 5.56 Å². The Morgan fingerprint density at radius 1 is 1.11 bits per heavy atom. The average Bonchev–Trinajstić information content (AvgIpc) is 2.30. The van der Waals surface area contributed by atoms with Gasteiger partial charge in [-0.15, -0.1) is 0 Å². The van der Waals surface area contributed by atoms with Gasteiger partial charge in [-0.25, -0.2) is 13.6 Å². The minimum absolute atomic E-state index is 0.108. The van der Waals surface area contributed by atoms with Crippen LogP contribution in [0.25, 0.3) is 11.1 Å². The van der Waals surface area contributed by atoms with Crippen LogP contribution in [0.4, 0.5) is 8.78 Å². The van der Waals surface area contributed by atoms with Crippen molar-refractivity contribution in [2.45, 2.75) is 6.92 Å². The number of halogens is 2. The van der Waals surface area contributed by atoms with E-state index in [2.05, 4.69) is 0 Å². The predicted molar refractivity (Wildman–Crippen MR) is 63.5 cm³/mol. The molecule has 0 amide bonds. The fourth-order valence-electron chi connectivity index (χ4n) is 1.87. The summed E-state index contributed by atoms with van der Waals surface area (Å²) in [5.74, 6) is -2.44. The molecule has 1 N–H and O–H groups in total. The SMILES string of the molecule is Cc1c(C(=O)O)cccc1-c1ccc(F)cc1F. The summed E-state index contributed by atoms with van der Waals surface area (Å²) in [7, 11) is 0. The maximum absolute atomic E-state index is 13.7. The monoisotopic (exact) mass is 248 g/mol. The van der Waals surface area contributed by atoms with Crippen LogP contribution >= 0.6 is 0 Å². The zero-order valence-corrected chi connectivity index (χ0v) is 9.58. The smallest absolute Gasteiger partial charge is 0.335 e. The third-order valence-electron chi connectivity index (χ3n) is 2.79. The molecule has 0 saturated heterocycles. The second-order valence-electron chi connectivity index (χ2n) is 3.91. The molecule has 0 aliphatic carbocycles. The Hall–Kier alpha value is -2.23. The van der Waals surface area contributed by atoms with Crippen molar-refractivity contribution in [3.63, 3.8) is 0 Å². The first kappa shape index (κ1) is 12.2. The molecule has 0 saturated carbocycles. The van der Waals surface area contributed by atoms with Gasteiger partial charge in [0, 0.05) is 11.6 Å². The van der Waals surface area contributed by atoms with E-state index in [0.29, 0.717) is 11.1 Å². The molecule has 2 aromatic carbocycles. The van der Waals surface area contributed by atoms with E-state index < -0.39 is 17.6 Å². The van der Waals surface area contributed by atoms with E-state index in [4.69, 9.17) is 5.11 Å². The van der Waals surface area contributed by atoms with E-state index in [1.165, 1.54) is 18.2 Å². The first-order valence-corrected chi connectivity index (χ1v) is 5.29. The average molecular weight is 248 g/mol. The normalized spacial score (nSPS) is 10.4. The summed E-state index contributed by atoms with van der Waals surface area (Å²) in [5.41, 5.74) is 1.20. The van der Waals surface area contributed by atoms with Crippen molar-refractivity contribution in [2.75, 3.05) is 0 Å². The summed E-state index contributed by atoms with van der Waals surface area (Å²) in [6.07, 6.45) is 0. The van der Waals surface area contributed by atoms with Gasteiger partial charge in [-0.1, -0.05) is 12.1 Å². The van der Waals surface area contributed by atoms with E-state index in [0.717, 1.165) is 12.1 Å². The van der Waals surface area contributed by atoms with Crippen molar-refractivity contribution < 1.29 is 18.7 Å². The first-order chi connectivity index (χ1) is 8.50. The highest BCUT2D eigenvalue weighted by molar-refractivity contribution is 5.92. The summed E-state index contributed by atoms with van der Waals surface area (Å²) < 4.78 is 26.5. The molecule has 18 heavy (non-hydrogen) atoms. The minimum atomic E-state index is -1.07. The van der Waals surface area contributed by atoms with E-state index >= 15 is 0 Å². The zero-order chi connectivity index (χ0) is 13.3. The maximum Gasteiger partial charge on any atom is 0.335 e. The highest BCUT2D eigenvalue weighted by Gasteiger charge is 2.14. The standard InChI is InChI=1S/C14H10F2O2/c1-8-10(3-2-4-11(8)14(17)18)12-6-5-9(15)7-13(12)16/h2-7H,1H3,(H,17,18). The number of carboxylic acids is 1. The van der Waals surface area contributed by atoms with Crippen LogP contribution in [0.15, 0.2) is 36.4 Å². The Kier molecular flexibility index (Phi) is 3.10. The molecule has 0 bridgehead atoms. The summed E-state index contributed by atoms with van der Waals surface area (Å²) in [4.78, 5) is 11.0. The van der Waals surface area contributed by atoms with Crippen molar-refractivity contribution in [1.82, 2.24) is 0 Å². The van der Waals surface area contributed by atoms with Crippen molar-refractivity contribution in [1.29, 1.82) is 0 Å². The summed E-state index contributed by atoms with van der Waals surface area (Å²) in [6.45, 7) is 1.60. The molecule has 0 heterocycles. The minimum Gasteiger partial charge on any atom is -0.478 e. The van der Waals surface area contributed by atoms with Crippen molar-refractivity contribution >= 4 is 5.97 Å². The van der Waals surface area contributed by atoms with Crippen LogP contribution in [0, 0.1) is 18.6 Å². The Morgan fingerprint density at radius 2 is 1.83 bits per heavy atom. The van der Waals surface area contributed by atoms with Gasteiger partial charge in [-0.2, -0.15) is 0 Å². The molecule has 0 aliphatic heterocycles. The molecule has 0 radical (unpaired) electrons. The molecule has 4 heteroatoms. The topological polar surface area (TPSA) is 37.3 Å². The fourth-order valence-corrected chi connectivity index (χ4v) is 1.87. The summed E-state index contributed by atoms with van der Waals surface area (Å²) in [6, 6.07) is 7.82. The number of benzene rings is 2. The number of hydrogen-bond acceptors (Lipinski definition) is 1. The molecule has 0 aliphatic rings. The first-order valence-electron chi connectivity index (χ1n) is 5.29. The molecule has 92 valence electrons. The molecule has 2 aromatic rings. The second kappa shape index (κ2) is 4.56.